The summed E-state index contributed by atoms with van der Waals surface area (Å²) in [6, 6.07) is 14.2. The number of rotatable bonds is 3. The first-order valence-corrected chi connectivity index (χ1v) is 8.80. The van der Waals surface area contributed by atoms with E-state index >= 15 is 0 Å². The van der Waals surface area contributed by atoms with Gasteiger partial charge < -0.3 is 10.1 Å². The number of nitrogens with one attached hydrogen (secondary N) is 1. The molecule has 1 aromatic heterocycles. The van der Waals surface area contributed by atoms with Crippen molar-refractivity contribution in [3.63, 3.8) is 0 Å². The van der Waals surface area contributed by atoms with Crippen molar-refractivity contribution in [2.45, 2.75) is 24.7 Å². The van der Waals surface area contributed by atoms with Gasteiger partial charge in [0.1, 0.15) is 0 Å². The van der Waals surface area contributed by atoms with Crippen LogP contribution in [0.5, 0.6) is 0 Å². The normalized spacial score (nSPS) is 16.2. The van der Waals surface area contributed by atoms with Gasteiger partial charge in [-0.05, 0) is 64.8 Å². The molecule has 0 radical (unpaired) electrons. The molecule has 0 saturated heterocycles. The third-order valence-corrected chi connectivity index (χ3v) is 5.78. The number of hydrogen-bond donors (Lipinski definition) is 2. The standard InChI is InChI=1S/C19H16INO2/c20-13-7-5-12(6-8-13)19(9-2-10-19)16-11-21-17-14(16)3-1-4-15(17)18(22)23/h1,3-8,11,21H,2,9-10H2,(H,22,23). The van der Waals surface area contributed by atoms with Gasteiger partial charge in [0.15, 0.2) is 0 Å². The van der Waals surface area contributed by atoms with Crippen LogP contribution in [0.2, 0.25) is 0 Å². The number of para-hydroxylation sites is 1. The van der Waals surface area contributed by atoms with E-state index in [1.165, 1.54) is 21.1 Å². The minimum atomic E-state index is -0.888. The molecule has 1 aliphatic rings. The lowest BCUT2D eigenvalue weighted by molar-refractivity contribution is 0.0699. The monoisotopic (exact) mass is 417 g/mol. The number of aromatic carboxylic acids is 1. The smallest absolute Gasteiger partial charge is 0.337 e. The van der Waals surface area contributed by atoms with Crippen LogP contribution < -0.4 is 0 Å². The highest BCUT2D eigenvalue weighted by molar-refractivity contribution is 14.1. The zero-order valence-electron chi connectivity index (χ0n) is 12.5. The fraction of sp³-hybridized carbons (Fsp3) is 0.211. The van der Waals surface area contributed by atoms with Crippen LogP contribution in [0.4, 0.5) is 0 Å². The molecule has 3 aromatic rings. The number of fused-ring (bicyclic) bond motifs is 1. The number of H-pyrrole nitrogens is 1. The minimum Gasteiger partial charge on any atom is -0.478 e. The van der Waals surface area contributed by atoms with Crippen LogP contribution in [-0.4, -0.2) is 16.1 Å². The summed E-state index contributed by atoms with van der Waals surface area (Å²) in [5.74, 6) is -0.888. The lowest BCUT2D eigenvalue weighted by Crippen LogP contribution is -2.35. The first-order chi connectivity index (χ1) is 11.1. The zero-order chi connectivity index (χ0) is 16.0. The fourth-order valence-corrected chi connectivity index (χ4v) is 4.10. The van der Waals surface area contributed by atoms with E-state index in [9.17, 15) is 9.90 Å². The van der Waals surface area contributed by atoms with Crippen molar-refractivity contribution in [3.05, 3.63) is 68.9 Å². The van der Waals surface area contributed by atoms with Gasteiger partial charge in [0, 0.05) is 20.6 Å². The Bertz CT molecular complexity index is 891. The molecule has 0 bridgehead atoms. The molecular formula is C19H16INO2. The molecule has 4 rings (SSSR count). The van der Waals surface area contributed by atoms with Crippen LogP contribution in [0.15, 0.2) is 48.7 Å². The van der Waals surface area contributed by atoms with Crippen molar-refractivity contribution in [3.8, 4) is 0 Å². The number of aromatic amines is 1. The van der Waals surface area contributed by atoms with Crippen molar-refractivity contribution in [2.75, 3.05) is 0 Å². The molecule has 0 amide bonds. The van der Waals surface area contributed by atoms with Crippen LogP contribution in [-0.2, 0) is 5.41 Å². The molecule has 0 atom stereocenters. The Morgan fingerprint density at radius 3 is 2.48 bits per heavy atom. The third-order valence-electron chi connectivity index (χ3n) is 5.07. The maximum Gasteiger partial charge on any atom is 0.337 e. The summed E-state index contributed by atoms with van der Waals surface area (Å²) in [5.41, 5.74) is 3.63. The summed E-state index contributed by atoms with van der Waals surface area (Å²) in [5, 5.41) is 10.4. The fourth-order valence-electron chi connectivity index (χ4n) is 3.74. The summed E-state index contributed by atoms with van der Waals surface area (Å²) >= 11 is 2.32. The largest absolute Gasteiger partial charge is 0.478 e. The van der Waals surface area contributed by atoms with E-state index in [0.29, 0.717) is 5.56 Å². The quantitative estimate of drug-likeness (QED) is 0.594. The molecule has 1 aliphatic carbocycles. The number of benzene rings is 2. The number of carboxylic acids is 1. The topological polar surface area (TPSA) is 53.1 Å². The third kappa shape index (κ3) is 2.19. The summed E-state index contributed by atoms with van der Waals surface area (Å²) in [6.45, 7) is 0. The van der Waals surface area contributed by atoms with Gasteiger partial charge in [0.2, 0.25) is 0 Å². The highest BCUT2D eigenvalue weighted by Crippen LogP contribution is 2.51. The van der Waals surface area contributed by atoms with Gasteiger partial charge in [-0.1, -0.05) is 30.7 Å². The van der Waals surface area contributed by atoms with E-state index < -0.39 is 5.97 Å². The molecule has 0 aliphatic heterocycles. The molecule has 116 valence electrons. The number of carbonyl (C=O) groups is 1. The van der Waals surface area contributed by atoms with E-state index in [2.05, 4.69) is 51.8 Å². The number of aromatic nitrogens is 1. The maximum absolute atomic E-state index is 11.4. The van der Waals surface area contributed by atoms with E-state index in [0.717, 1.165) is 23.7 Å². The predicted molar refractivity (Wildman–Crippen MR) is 99.0 cm³/mol. The Kier molecular flexibility index (Phi) is 3.44. The second-order valence-corrected chi connectivity index (χ2v) is 7.42. The lowest BCUT2D eigenvalue weighted by atomic mass is 9.60. The van der Waals surface area contributed by atoms with Crippen LogP contribution in [0.1, 0.15) is 40.7 Å². The van der Waals surface area contributed by atoms with Crippen molar-refractivity contribution in [1.29, 1.82) is 0 Å². The Balaban J connectivity index is 1.92. The first-order valence-electron chi connectivity index (χ1n) is 7.72. The van der Waals surface area contributed by atoms with Crippen molar-refractivity contribution < 1.29 is 9.90 Å². The van der Waals surface area contributed by atoms with Crippen molar-refractivity contribution in [2.24, 2.45) is 0 Å². The molecule has 1 fully saturated rings. The van der Waals surface area contributed by atoms with Gasteiger partial charge in [-0.3, -0.25) is 0 Å². The molecule has 2 aromatic carbocycles. The molecule has 0 spiro atoms. The minimum absolute atomic E-state index is 0.0136. The first kappa shape index (κ1) is 14.8. The molecule has 23 heavy (non-hydrogen) atoms. The van der Waals surface area contributed by atoms with Gasteiger partial charge in [0.25, 0.3) is 0 Å². The van der Waals surface area contributed by atoms with Gasteiger partial charge >= 0.3 is 5.97 Å². The summed E-state index contributed by atoms with van der Waals surface area (Å²) < 4.78 is 1.23. The zero-order valence-corrected chi connectivity index (χ0v) is 14.6. The number of halogens is 1. The van der Waals surface area contributed by atoms with E-state index in [-0.39, 0.29) is 5.41 Å². The Morgan fingerprint density at radius 1 is 1.13 bits per heavy atom. The number of carboxylic acid groups (broad SMARTS) is 1. The second kappa shape index (κ2) is 5.37. The summed E-state index contributed by atoms with van der Waals surface area (Å²) in [6.07, 6.45) is 5.43. The lowest BCUT2D eigenvalue weighted by Gasteiger charge is -2.42. The maximum atomic E-state index is 11.4. The predicted octanol–water partition coefficient (Wildman–Crippen LogP) is 4.94. The highest BCUT2D eigenvalue weighted by Gasteiger charge is 2.42. The van der Waals surface area contributed by atoms with Crippen molar-refractivity contribution in [1.82, 2.24) is 4.98 Å². The van der Waals surface area contributed by atoms with E-state index in [4.69, 9.17) is 0 Å². The Morgan fingerprint density at radius 2 is 1.87 bits per heavy atom. The Hall–Kier alpha value is -1.82. The molecule has 4 heteroatoms. The molecule has 1 saturated carbocycles. The molecule has 3 nitrogen and oxygen atoms in total. The van der Waals surface area contributed by atoms with E-state index in [1.54, 1.807) is 6.07 Å². The second-order valence-electron chi connectivity index (χ2n) is 6.18. The van der Waals surface area contributed by atoms with Gasteiger partial charge in [-0.25, -0.2) is 4.79 Å². The molecular weight excluding hydrogens is 401 g/mol. The van der Waals surface area contributed by atoms with Crippen LogP contribution in [0.3, 0.4) is 0 Å². The average molecular weight is 417 g/mol. The SMILES string of the molecule is O=C(O)c1cccc2c(C3(c4ccc(I)cc4)CCC3)c[nH]c12. The van der Waals surface area contributed by atoms with Crippen molar-refractivity contribution >= 4 is 39.5 Å². The van der Waals surface area contributed by atoms with E-state index in [1.807, 2.05) is 18.3 Å². The molecule has 1 heterocycles. The van der Waals surface area contributed by atoms with Gasteiger partial charge in [-0.15, -0.1) is 0 Å². The summed E-state index contributed by atoms with van der Waals surface area (Å²) in [4.78, 5) is 14.7. The molecule has 2 N–H and O–H groups in total. The number of hydrogen-bond acceptors (Lipinski definition) is 1. The van der Waals surface area contributed by atoms with Gasteiger partial charge in [-0.2, -0.15) is 0 Å². The van der Waals surface area contributed by atoms with Crippen LogP contribution in [0.25, 0.3) is 10.9 Å². The van der Waals surface area contributed by atoms with Gasteiger partial charge in [0.05, 0.1) is 11.1 Å². The average Bonchev–Trinajstić information content (AvgIpc) is 2.92. The van der Waals surface area contributed by atoms with Crippen LogP contribution >= 0.6 is 22.6 Å². The highest BCUT2D eigenvalue weighted by atomic mass is 127. The molecule has 0 unspecified atom stereocenters. The summed E-state index contributed by atoms with van der Waals surface area (Å²) in [7, 11) is 0. The van der Waals surface area contributed by atoms with Crippen LogP contribution in [0, 0.1) is 3.57 Å². The Labute approximate surface area is 147 Å².